The molecule has 0 saturated carbocycles. The van der Waals surface area contributed by atoms with E-state index in [2.05, 4.69) is 6.58 Å². The molecule has 0 bridgehead atoms. The summed E-state index contributed by atoms with van der Waals surface area (Å²) in [7, 11) is 3.27. The Labute approximate surface area is 108 Å². The van der Waals surface area contributed by atoms with E-state index < -0.39 is 0 Å². The first kappa shape index (κ1) is 15.1. The van der Waals surface area contributed by atoms with E-state index >= 15 is 0 Å². The van der Waals surface area contributed by atoms with Crippen molar-refractivity contribution < 1.29 is 23.7 Å². The molecule has 2 aliphatic rings. The van der Waals surface area contributed by atoms with Gasteiger partial charge in [0.05, 0.1) is 12.7 Å². The number of carbonyl (C=O) groups is 1. The maximum atomic E-state index is 10.8. The van der Waals surface area contributed by atoms with E-state index in [-0.39, 0.29) is 24.5 Å². The third-order valence-corrected chi connectivity index (χ3v) is 2.97. The number of esters is 1. The maximum Gasteiger partial charge on any atom is 0.306 e. The van der Waals surface area contributed by atoms with E-state index in [1.807, 2.05) is 6.92 Å². The van der Waals surface area contributed by atoms with Gasteiger partial charge < -0.3 is 18.9 Å². The van der Waals surface area contributed by atoms with E-state index in [0.29, 0.717) is 13.0 Å². The zero-order valence-corrected chi connectivity index (χ0v) is 11.3. The van der Waals surface area contributed by atoms with Crippen LogP contribution in [0.4, 0.5) is 0 Å². The normalized spacial score (nSPS) is 26.4. The van der Waals surface area contributed by atoms with E-state index in [1.165, 1.54) is 0 Å². The lowest BCUT2D eigenvalue weighted by Crippen LogP contribution is -2.33. The minimum absolute atomic E-state index is 0.0139. The number of hydrogen-bond donors (Lipinski definition) is 0. The highest BCUT2D eigenvalue weighted by Gasteiger charge is 2.38. The number of fused-ring (bicyclic) bond motifs is 1. The number of rotatable bonds is 3. The average molecular weight is 258 g/mol. The maximum absolute atomic E-state index is 10.8. The van der Waals surface area contributed by atoms with E-state index in [4.69, 9.17) is 18.9 Å². The highest BCUT2D eigenvalue weighted by molar-refractivity contribution is 5.71. The Bertz CT molecular complexity index is 280. The Morgan fingerprint density at radius 1 is 1.44 bits per heavy atom. The molecule has 0 aromatic carbocycles. The molecular weight excluding hydrogens is 236 g/mol. The fraction of sp³-hybridized carbons (Fsp3) is 0.769. The van der Waals surface area contributed by atoms with Crippen LogP contribution in [-0.4, -0.2) is 45.3 Å². The van der Waals surface area contributed by atoms with Gasteiger partial charge in [-0.2, -0.15) is 0 Å². The van der Waals surface area contributed by atoms with Gasteiger partial charge in [0.1, 0.15) is 0 Å². The van der Waals surface area contributed by atoms with Crippen LogP contribution >= 0.6 is 0 Å². The molecule has 5 nitrogen and oxygen atoms in total. The molecule has 2 aliphatic heterocycles. The van der Waals surface area contributed by atoms with Crippen molar-refractivity contribution in [3.63, 3.8) is 0 Å². The summed E-state index contributed by atoms with van der Waals surface area (Å²) in [5.74, 6) is -0.127. The molecule has 2 rings (SSSR count). The van der Waals surface area contributed by atoms with Crippen LogP contribution in [-0.2, 0) is 23.7 Å². The molecule has 2 atom stereocenters. The molecule has 2 heterocycles. The lowest BCUT2D eigenvalue weighted by atomic mass is 10.0. The van der Waals surface area contributed by atoms with Crippen molar-refractivity contribution in [3.8, 4) is 0 Å². The van der Waals surface area contributed by atoms with Crippen molar-refractivity contribution in [1.29, 1.82) is 0 Å². The predicted octanol–water partition coefficient (Wildman–Crippen LogP) is 1.66. The number of hydrogen-bond acceptors (Lipinski definition) is 5. The second-order valence-corrected chi connectivity index (χ2v) is 4.27. The van der Waals surface area contributed by atoms with Gasteiger partial charge in [-0.05, 0) is 18.4 Å². The monoisotopic (exact) mass is 258 g/mol. The number of carbonyl (C=O) groups excluding carboxylic acids is 1. The molecule has 0 aliphatic carbocycles. The van der Waals surface area contributed by atoms with Crippen LogP contribution in [0.2, 0.25) is 0 Å². The van der Waals surface area contributed by atoms with E-state index in [0.717, 1.165) is 18.4 Å². The van der Waals surface area contributed by atoms with Crippen LogP contribution < -0.4 is 0 Å². The lowest BCUT2D eigenvalue weighted by Gasteiger charge is -2.23. The van der Waals surface area contributed by atoms with Gasteiger partial charge in [-0.3, -0.25) is 4.79 Å². The molecule has 18 heavy (non-hydrogen) atoms. The van der Waals surface area contributed by atoms with Crippen molar-refractivity contribution >= 4 is 5.97 Å². The molecule has 0 amide bonds. The van der Waals surface area contributed by atoms with Gasteiger partial charge in [0.2, 0.25) is 0 Å². The van der Waals surface area contributed by atoms with Crippen LogP contribution in [0, 0.1) is 0 Å². The Kier molecular flexibility index (Phi) is 6.32. The Morgan fingerprint density at radius 3 is 2.61 bits per heavy atom. The van der Waals surface area contributed by atoms with Crippen molar-refractivity contribution in [2.75, 3.05) is 20.8 Å². The van der Waals surface area contributed by atoms with Gasteiger partial charge in [-0.15, -0.1) is 0 Å². The fourth-order valence-corrected chi connectivity index (χ4v) is 1.93. The first-order valence-electron chi connectivity index (χ1n) is 6.16. The van der Waals surface area contributed by atoms with Crippen LogP contribution in [0.1, 0.15) is 26.2 Å². The number of methoxy groups -OCH3 is 2. The molecule has 104 valence electrons. The van der Waals surface area contributed by atoms with Crippen molar-refractivity contribution in [2.45, 2.75) is 44.7 Å². The topological polar surface area (TPSA) is 54.0 Å². The zero-order chi connectivity index (χ0) is 13.5. The highest BCUT2D eigenvalue weighted by Crippen LogP contribution is 2.28. The summed E-state index contributed by atoms with van der Waals surface area (Å²) in [5.41, 5.74) is 0.892. The van der Waals surface area contributed by atoms with Gasteiger partial charge in [0.25, 0.3) is 0 Å². The smallest absolute Gasteiger partial charge is 0.306 e. The molecular formula is C13H22O5. The summed E-state index contributed by atoms with van der Waals surface area (Å²) in [4.78, 5) is 10.8. The Morgan fingerprint density at radius 2 is 2.11 bits per heavy atom. The molecule has 0 N–H and O–H groups in total. The summed E-state index contributed by atoms with van der Waals surface area (Å²) >= 11 is 0. The lowest BCUT2D eigenvalue weighted by molar-refractivity contribution is -0.157. The van der Waals surface area contributed by atoms with Gasteiger partial charge in [0.15, 0.2) is 12.4 Å². The first-order chi connectivity index (χ1) is 8.62. The largest absolute Gasteiger partial charge is 0.455 e. The summed E-state index contributed by atoms with van der Waals surface area (Å²) in [6, 6.07) is 0. The Hall–Kier alpha value is -0.910. The minimum Gasteiger partial charge on any atom is -0.455 e. The molecule has 0 aromatic heterocycles. The van der Waals surface area contributed by atoms with Gasteiger partial charge in [-0.25, -0.2) is 0 Å². The molecule has 0 radical (unpaired) electrons. The van der Waals surface area contributed by atoms with Crippen LogP contribution in [0.5, 0.6) is 0 Å². The van der Waals surface area contributed by atoms with E-state index in [1.54, 1.807) is 14.2 Å². The Balaban J connectivity index is 0.000000203. The van der Waals surface area contributed by atoms with E-state index in [9.17, 15) is 4.79 Å². The van der Waals surface area contributed by atoms with Gasteiger partial charge in [0, 0.05) is 20.6 Å². The molecule has 5 heteroatoms. The second-order valence-electron chi connectivity index (χ2n) is 4.27. The van der Waals surface area contributed by atoms with Crippen molar-refractivity contribution in [1.82, 2.24) is 0 Å². The third-order valence-electron chi connectivity index (χ3n) is 2.97. The molecule has 0 spiro atoms. The van der Waals surface area contributed by atoms with Crippen molar-refractivity contribution in [2.24, 2.45) is 0 Å². The average Bonchev–Trinajstić information content (AvgIpc) is 2.74. The van der Waals surface area contributed by atoms with Gasteiger partial charge >= 0.3 is 5.97 Å². The van der Waals surface area contributed by atoms with Gasteiger partial charge in [-0.1, -0.05) is 13.5 Å². The SMILES string of the molecule is C=C1COC2CCC(=O)OC12.CCC(OC)OC. The predicted molar refractivity (Wildman–Crippen MR) is 66.1 cm³/mol. The molecule has 2 unspecified atom stereocenters. The van der Waals surface area contributed by atoms with Crippen LogP contribution in [0.3, 0.4) is 0 Å². The zero-order valence-electron chi connectivity index (χ0n) is 11.3. The molecule has 0 aromatic rings. The van der Waals surface area contributed by atoms with Crippen molar-refractivity contribution in [3.05, 3.63) is 12.2 Å². The summed E-state index contributed by atoms with van der Waals surface area (Å²) < 4.78 is 20.1. The standard InChI is InChI=1S/C8H10O3.C5H12O2/c1-5-4-10-6-2-3-7(9)11-8(5)6;1-4-5(6-2)7-3/h6,8H,1-4H2;5H,4H2,1-3H3. The minimum atomic E-state index is -0.156. The highest BCUT2D eigenvalue weighted by atomic mass is 16.7. The summed E-state index contributed by atoms with van der Waals surface area (Å²) in [6.07, 6.45) is 2.08. The fourth-order valence-electron chi connectivity index (χ4n) is 1.93. The second kappa shape index (κ2) is 7.51. The van der Waals surface area contributed by atoms with Crippen LogP contribution in [0.25, 0.3) is 0 Å². The summed E-state index contributed by atoms with van der Waals surface area (Å²) in [6.45, 7) is 6.33. The molecule has 2 fully saturated rings. The van der Waals surface area contributed by atoms with Crippen LogP contribution in [0.15, 0.2) is 12.2 Å². The first-order valence-corrected chi connectivity index (χ1v) is 6.16. The molecule has 2 saturated heterocycles. The summed E-state index contributed by atoms with van der Waals surface area (Å²) in [5, 5.41) is 0. The number of ether oxygens (including phenoxy) is 4. The third kappa shape index (κ3) is 4.08. The quantitative estimate of drug-likeness (QED) is 0.438.